The molecule has 122 valence electrons. The summed E-state index contributed by atoms with van der Waals surface area (Å²) >= 11 is 0. The number of rotatable bonds is 6. The number of amides is 2. The second-order valence-electron chi connectivity index (χ2n) is 6.43. The molecule has 6 nitrogen and oxygen atoms in total. The van der Waals surface area contributed by atoms with Crippen LogP contribution in [0.5, 0.6) is 0 Å². The highest BCUT2D eigenvalue weighted by atomic mass is 16.2. The normalized spacial score (nSPS) is 14.2. The maximum Gasteiger partial charge on any atom is 0.287 e. The first-order valence-electron chi connectivity index (χ1n) is 8.12. The summed E-state index contributed by atoms with van der Waals surface area (Å²) in [6, 6.07) is 5.72. The Hall–Kier alpha value is -2.37. The molecule has 0 bridgehead atoms. The van der Waals surface area contributed by atoms with Crippen molar-refractivity contribution in [3.05, 3.63) is 35.9 Å². The number of aromatic nitrogens is 2. The van der Waals surface area contributed by atoms with Crippen LogP contribution in [-0.4, -0.2) is 33.8 Å². The van der Waals surface area contributed by atoms with Crippen molar-refractivity contribution < 1.29 is 9.59 Å². The fourth-order valence-corrected chi connectivity index (χ4v) is 2.40. The minimum absolute atomic E-state index is 0.211. The van der Waals surface area contributed by atoms with Gasteiger partial charge < -0.3 is 10.6 Å². The molecular weight excluding hydrogens is 292 g/mol. The summed E-state index contributed by atoms with van der Waals surface area (Å²) in [4.78, 5) is 29.0. The average molecular weight is 314 g/mol. The molecule has 0 aromatic carbocycles. The standard InChI is InChI=1S/C17H22N4O2/c1-11(2)8-9-18-17(23)15-20-14(16(22)19-12-6-7-12)13-5-3-4-10-21(13)15/h3-5,10-12H,6-9H2,1-2H3,(H,18,23)(H,19,22). The van der Waals surface area contributed by atoms with Crippen LogP contribution in [0.1, 0.15) is 54.2 Å². The van der Waals surface area contributed by atoms with Crippen LogP contribution < -0.4 is 10.6 Å². The molecule has 1 aliphatic carbocycles. The van der Waals surface area contributed by atoms with E-state index in [1.165, 1.54) is 0 Å². The van der Waals surface area contributed by atoms with E-state index in [4.69, 9.17) is 0 Å². The molecule has 0 saturated heterocycles. The van der Waals surface area contributed by atoms with Crippen molar-refractivity contribution in [2.45, 2.75) is 39.2 Å². The first kappa shape index (κ1) is 15.5. The van der Waals surface area contributed by atoms with Crippen LogP contribution in [0.2, 0.25) is 0 Å². The van der Waals surface area contributed by atoms with Gasteiger partial charge in [-0.3, -0.25) is 14.0 Å². The maximum atomic E-state index is 12.4. The predicted octanol–water partition coefficient (Wildman–Crippen LogP) is 2.00. The number of carbonyl (C=O) groups is 2. The van der Waals surface area contributed by atoms with Crippen molar-refractivity contribution in [3.63, 3.8) is 0 Å². The van der Waals surface area contributed by atoms with Crippen LogP contribution in [-0.2, 0) is 0 Å². The maximum absolute atomic E-state index is 12.4. The lowest BCUT2D eigenvalue weighted by molar-refractivity contribution is 0.0941. The Balaban J connectivity index is 1.84. The van der Waals surface area contributed by atoms with Crippen molar-refractivity contribution in [1.29, 1.82) is 0 Å². The van der Waals surface area contributed by atoms with Crippen LogP contribution in [0.4, 0.5) is 0 Å². The molecular formula is C17H22N4O2. The smallest absolute Gasteiger partial charge is 0.287 e. The van der Waals surface area contributed by atoms with Crippen LogP contribution in [0, 0.1) is 5.92 Å². The van der Waals surface area contributed by atoms with Gasteiger partial charge in [-0.05, 0) is 37.3 Å². The van der Waals surface area contributed by atoms with Gasteiger partial charge in [-0.25, -0.2) is 4.98 Å². The van der Waals surface area contributed by atoms with E-state index in [0.717, 1.165) is 19.3 Å². The molecule has 2 aromatic heterocycles. The largest absolute Gasteiger partial charge is 0.349 e. The van der Waals surface area contributed by atoms with E-state index in [1.54, 1.807) is 16.7 Å². The minimum atomic E-state index is -0.252. The SMILES string of the molecule is CC(C)CCNC(=O)c1nc(C(=O)NC2CC2)c2ccccn12. The highest BCUT2D eigenvalue weighted by Gasteiger charge is 2.27. The Bertz CT molecular complexity index is 731. The zero-order valence-electron chi connectivity index (χ0n) is 13.5. The Morgan fingerprint density at radius 2 is 2.09 bits per heavy atom. The highest BCUT2D eigenvalue weighted by molar-refractivity contribution is 6.02. The van der Waals surface area contributed by atoms with Gasteiger partial charge in [0.25, 0.3) is 11.8 Å². The van der Waals surface area contributed by atoms with E-state index >= 15 is 0 Å². The van der Waals surface area contributed by atoms with E-state index in [9.17, 15) is 9.59 Å². The first-order chi connectivity index (χ1) is 11.1. The third-order valence-corrected chi connectivity index (χ3v) is 3.89. The average Bonchev–Trinajstić information content (AvgIpc) is 3.24. The summed E-state index contributed by atoms with van der Waals surface area (Å²) in [5.74, 6) is 0.312. The first-order valence-corrected chi connectivity index (χ1v) is 8.12. The molecule has 0 radical (unpaired) electrons. The van der Waals surface area contributed by atoms with Crippen molar-refractivity contribution in [2.75, 3.05) is 6.54 Å². The second-order valence-corrected chi connectivity index (χ2v) is 6.43. The predicted molar refractivity (Wildman–Crippen MR) is 87.5 cm³/mol. The van der Waals surface area contributed by atoms with Gasteiger partial charge >= 0.3 is 0 Å². The van der Waals surface area contributed by atoms with Crippen LogP contribution in [0.25, 0.3) is 5.52 Å². The van der Waals surface area contributed by atoms with E-state index in [-0.39, 0.29) is 23.7 Å². The molecule has 23 heavy (non-hydrogen) atoms. The van der Waals surface area contributed by atoms with Gasteiger partial charge in [0.2, 0.25) is 5.82 Å². The number of hydrogen-bond acceptors (Lipinski definition) is 3. The Morgan fingerprint density at radius 1 is 1.30 bits per heavy atom. The fourth-order valence-electron chi connectivity index (χ4n) is 2.40. The molecule has 2 aromatic rings. The lowest BCUT2D eigenvalue weighted by Crippen LogP contribution is -2.28. The molecule has 0 spiro atoms. The lowest BCUT2D eigenvalue weighted by Gasteiger charge is -2.06. The number of nitrogens with zero attached hydrogens (tertiary/aromatic N) is 2. The number of hydrogen-bond donors (Lipinski definition) is 2. The molecule has 2 N–H and O–H groups in total. The second kappa shape index (κ2) is 6.40. The lowest BCUT2D eigenvalue weighted by atomic mass is 10.1. The topological polar surface area (TPSA) is 75.5 Å². The van der Waals surface area contributed by atoms with Gasteiger partial charge in [-0.2, -0.15) is 0 Å². The summed E-state index contributed by atoms with van der Waals surface area (Å²) in [5.41, 5.74) is 0.964. The Morgan fingerprint density at radius 3 is 2.78 bits per heavy atom. The molecule has 2 heterocycles. The number of nitrogens with one attached hydrogen (secondary N) is 2. The molecule has 0 atom stereocenters. The van der Waals surface area contributed by atoms with E-state index in [1.807, 2.05) is 12.1 Å². The minimum Gasteiger partial charge on any atom is -0.349 e. The van der Waals surface area contributed by atoms with Gasteiger partial charge in [0.05, 0.1) is 5.52 Å². The number of pyridine rings is 1. The van der Waals surface area contributed by atoms with Gasteiger partial charge in [0, 0.05) is 18.8 Å². The van der Waals surface area contributed by atoms with Crippen molar-refractivity contribution >= 4 is 17.3 Å². The van der Waals surface area contributed by atoms with Gasteiger partial charge in [0.15, 0.2) is 5.69 Å². The zero-order valence-corrected chi connectivity index (χ0v) is 13.5. The number of fused-ring (bicyclic) bond motifs is 1. The summed E-state index contributed by atoms with van der Waals surface area (Å²) in [6.07, 6.45) is 4.69. The van der Waals surface area contributed by atoms with Gasteiger partial charge in [0.1, 0.15) is 0 Å². The third kappa shape index (κ3) is 3.52. The van der Waals surface area contributed by atoms with Crippen LogP contribution in [0.15, 0.2) is 24.4 Å². The van der Waals surface area contributed by atoms with Gasteiger partial charge in [-0.1, -0.05) is 19.9 Å². The molecule has 2 amide bonds. The molecule has 0 unspecified atom stereocenters. The molecule has 1 aliphatic rings. The van der Waals surface area contributed by atoms with Crippen LogP contribution >= 0.6 is 0 Å². The highest BCUT2D eigenvalue weighted by Crippen LogP contribution is 2.20. The molecule has 1 saturated carbocycles. The van der Waals surface area contributed by atoms with Crippen molar-refractivity contribution in [2.24, 2.45) is 5.92 Å². The molecule has 0 aliphatic heterocycles. The third-order valence-electron chi connectivity index (χ3n) is 3.89. The summed E-state index contributed by atoms with van der Waals surface area (Å²) in [5, 5.41) is 5.80. The van der Waals surface area contributed by atoms with Crippen molar-refractivity contribution in [3.8, 4) is 0 Å². The summed E-state index contributed by atoms with van der Waals surface area (Å²) in [6.45, 7) is 4.82. The molecule has 1 fully saturated rings. The number of imidazole rings is 1. The van der Waals surface area contributed by atoms with Gasteiger partial charge in [-0.15, -0.1) is 0 Å². The quantitative estimate of drug-likeness (QED) is 0.856. The summed E-state index contributed by atoms with van der Waals surface area (Å²) in [7, 11) is 0. The Labute approximate surface area is 135 Å². The zero-order chi connectivity index (χ0) is 16.4. The van der Waals surface area contributed by atoms with E-state index in [2.05, 4.69) is 29.5 Å². The summed E-state index contributed by atoms with van der Waals surface area (Å²) < 4.78 is 1.67. The molecule has 3 rings (SSSR count). The van der Waals surface area contributed by atoms with E-state index in [0.29, 0.717) is 23.7 Å². The van der Waals surface area contributed by atoms with Crippen molar-refractivity contribution in [1.82, 2.24) is 20.0 Å². The monoisotopic (exact) mass is 314 g/mol. The number of carbonyl (C=O) groups excluding carboxylic acids is 2. The van der Waals surface area contributed by atoms with E-state index < -0.39 is 0 Å². The fraction of sp³-hybridized carbons (Fsp3) is 0.471. The molecule has 6 heteroatoms. The Kier molecular flexibility index (Phi) is 4.32. The van der Waals surface area contributed by atoms with Crippen LogP contribution in [0.3, 0.4) is 0 Å².